The molecule has 3 rings (SSSR count). The van der Waals surface area contributed by atoms with E-state index in [0.29, 0.717) is 63.6 Å². The summed E-state index contributed by atoms with van der Waals surface area (Å²) in [5.74, 6) is 1.87. The summed E-state index contributed by atoms with van der Waals surface area (Å²) in [5, 5.41) is 12.8. The fourth-order valence-electron chi connectivity index (χ4n) is 4.32. The van der Waals surface area contributed by atoms with Crippen LogP contribution in [0.5, 0.6) is 28.7 Å². The molecule has 1 N–H and O–H groups in total. The molecule has 0 aromatic heterocycles. The van der Waals surface area contributed by atoms with E-state index in [1.54, 1.807) is 36.3 Å². The van der Waals surface area contributed by atoms with Gasteiger partial charge in [0.2, 0.25) is 0 Å². The van der Waals surface area contributed by atoms with Crippen molar-refractivity contribution in [1.29, 1.82) is 0 Å². The van der Waals surface area contributed by atoms with Gasteiger partial charge in [-0.05, 0) is 59.7 Å². The lowest BCUT2D eigenvalue weighted by atomic mass is 9.93. The van der Waals surface area contributed by atoms with E-state index in [1.807, 2.05) is 53.7 Å². The van der Waals surface area contributed by atoms with Gasteiger partial charge in [-0.25, -0.2) is 0 Å². The molecule has 1 amide bonds. The molecule has 0 heterocycles. The van der Waals surface area contributed by atoms with Crippen LogP contribution >= 0.6 is 0 Å². The highest BCUT2D eigenvalue weighted by molar-refractivity contribution is 6.08. The number of aromatic hydroxyl groups is 1. The number of methoxy groups -OCH3 is 2. The Morgan fingerprint density at radius 2 is 1.53 bits per heavy atom. The molecule has 0 aliphatic heterocycles. The number of hydrogen-bond donors (Lipinski definition) is 1. The fraction of sp³-hybridized carbons (Fsp3) is 0.414. The molecule has 194 valence electrons. The highest BCUT2D eigenvalue weighted by Gasteiger charge is 2.27. The maximum Gasteiger partial charge on any atom is 0.254 e. The first kappa shape index (κ1) is 27.0. The van der Waals surface area contributed by atoms with Gasteiger partial charge in [0.1, 0.15) is 28.7 Å². The van der Waals surface area contributed by atoms with Crippen LogP contribution in [-0.4, -0.2) is 55.4 Å². The third-order valence-corrected chi connectivity index (χ3v) is 5.86. The molecule has 0 atom stereocenters. The number of ether oxygens (including phenoxy) is 4. The number of nitrogens with zero attached hydrogens (tertiary/aromatic N) is 1. The van der Waals surface area contributed by atoms with Gasteiger partial charge in [0.15, 0.2) is 0 Å². The number of rotatable bonds is 10. The van der Waals surface area contributed by atoms with Crippen molar-refractivity contribution in [3.8, 4) is 39.9 Å². The highest BCUT2D eigenvalue weighted by Crippen LogP contribution is 2.49. The number of amides is 1. The molecule has 0 spiro atoms. The highest BCUT2D eigenvalue weighted by atomic mass is 16.5. The van der Waals surface area contributed by atoms with E-state index >= 15 is 0 Å². The predicted octanol–water partition coefficient (Wildman–Crippen LogP) is 6.29. The monoisotopic (exact) mass is 495 g/mol. The number of hydrogen-bond acceptors (Lipinski definition) is 6. The van der Waals surface area contributed by atoms with Crippen LogP contribution in [-0.2, 0) is 0 Å². The lowest BCUT2D eigenvalue weighted by Crippen LogP contribution is -2.31. The zero-order chi connectivity index (χ0) is 26.6. The van der Waals surface area contributed by atoms with Crippen LogP contribution < -0.4 is 18.9 Å². The van der Waals surface area contributed by atoms with E-state index in [-0.39, 0.29) is 23.9 Å². The van der Waals surface area contributed by atoms with Gasteiger partial charge in [-0.15, -0.1) is 0 Å². The number of carbonyl (C=O) groups is 1. The van der Waals surface area contributed by atoms with Gasteiger partial charge < -0.3 is 29.0 Å². The topological polar surface area (TPSA) is 77.5 Å². The second-order valence-electron chi connectivity index (χ2n) is 9.01. The zero-order valence-corrected chi connectivity index (χ0v) is 22.5. The van der Waals surface area contributed by atoms with Crippen molar-refractivity contribution in [3.05, 3.63) is 42.0 Å². The number of carbonyl (C=O) groups excluding carboxylic acids is 1. The summed E-state index contributed by atoms with van der Waals surface area (Å²) in [7, 11) is 3.11. The molecule has 0 radical (unpaired) electrons. The van der Waals surface area contributed by atoms with Crippen LogP contribution in [0.4, 0.5) is 0 Å². The van der Waals surface area contributed by atoms with Gasteiger partial charge in [0.05, 0.1) is 37.4 Å². The Morgan fingerprint density at radius 1 is 0.889 bits per heavy atom. The second kappa shape index (κ2) is 11.4. The Balaban J connectivity index is 2.40. The van der Waals surface area contributed by atoms with Crippen LogP contribution in [0.1, 0.15) is 51.9 Å². The predicted molar refractivity (Wildman–Crippen MR) is 143 cm³/mol. The minimum atomic E-state index is -0.183. The Hall–Kier alpha value is -3.61. The lowest BCUT2D eigenvalue weighted by Gasteiger charge is -2.24. The minimum Gasteiger partial charge on any atom is -0.507 e. The summed E-state index contributed by atoms with van der Waals surface area (Å²) < 4.78 is 23.4. The van der Waals surface area contributed by atoms with E-state index in [4.69, 9.17) is 18.9 Å². The molecule has 0 saturated heterocycles. The molecule has 0 aliphatic carbocycles. The summed E-state index contributed by atoms with van der Waals surface area (Å²) in [6.07, 6.45) is -0.153. The van der Waals surface area contributed by atoms with Gasteiger partial charge in [-0.1, -0.05) is 12.1 Å². The van der Waals surface area contributed by atoms with Gasteiger partial charge in [0.25, 0.3) is 5.91 Å². The quantitative estimate of drug-likeness (QED) is 0.356. The average Bonchev–Trinajstić information content (AvgIpc) is 2.84. The summed E-state index contributed by atoms with van der Waals surface area (Å²) in [4.78, 5) is 15.4. The van der Waals surface area contributed by atoms with E-state index in [9.17, 15) is 9.90 Å². The Kier molecular flexibility index (Phi) is 8.56. The molecule has 3 aromatic carbocycles. The smallest absolute Gasteiger partial charge is 0.254 e. The van der Waals surface area contributed by atoms with Crippen molar-refractivity contribution in [2.75, 3.05) is 27.3 Å². The van der Waals surface area contributed by atoms with Crippen molar-refractivity contribution in [2.45, 2.75) is 53.8 Å². The molecule has 7 heteroatoms. The largest absolute Gasteiger partial charge is 0.507 e. The van der Waals surface area contributed by atoms with Crippen molar-refractivity contribution in [2.24, 2.45) is 0 Å². The molecular formula is C29H37NO6. The third-order valence-electron chi connectivity index (χ3n) is 5.86. The lowest BCUT2D eigenvalue weighted by molar-refractivity contribution is 0.0772. The number of fused-ring (bicyclic) bond motifs is 1. The molecule has 0 unspecified atom stereocenters. The summed E-state index contributed by atoms with van der Waals surface area (Å²) in [6.45, 7) is 12.7. The average molecular weight is 496 g/mol. The summed E-state index contributed by atoms with van der Waals surface area (Å²) in [5.41, 5.74) is 1.27. The summed E-state index contributed by atoms with van der Waals surface area (Å²) in [6, 6.07) is 10.7. The van der Waals surface area contributed by atoms with Gasteiger partial charge in [0, 0.05) is 35.7 Å². The standard InChI is InChI=1S/C29H37NO6/c1-9-30(10-2)29(32)22-14-19(35-17(3)4)15-24(33-7)26(22)21-16-25(34-8)27-20(28(21)31)12-11-13-23(27)36-18(5)6/h11-18,31H,9-10H2,1-8H3. The Morgan fingerprint density at radius 3 is 2.08 bits per heavy atom. The van der Waals surface area contributed by atoms with Crippen molar-refractivity contribution in [3.63, 3.8) is 0 Å². The molecular weight excluding hydrogens is 458 g/mol. The van der Waals surface area contributed by atoms with Crippen LogP contribution in [0.15, 0.2) is 36.4 Å². The maximum absolute atomic E-state index is 13.7. The van der Waals surface area contributed by atoms with Crippen LogP contribution in [0, 0.1) is 0 Å². The van der Waals surface area contributed by atoms with Crippen molar-refractivity contribution < 1.29 is 28.8 Å². The molecule has 0 bridgehead atoms. The van der Waals surface area contributed by atoms with Crippen LogP contribution in [0.25, 0.3) is 21.9 Å². The molecule has 0 fully saturated rings. The van der Waals surface area contributed by atoms with Gasteiger partial charge in [-0.2, -0.15) is 0 Å². The van der Waals surface area contributed by atoms with Crippen molar-refractivity contribution >= 4 is 16.7 Å². The SMILES string of the molecule is CCN(CC)C(=O)c1cc(OC(C)C)cc(OC)c1-c1cc(OC)c2c(OC(C)C)cccc2c1O. The zero-order valence-electron chi connectivity index (χ0n) is 22.5. The van der Waals surface area contributed by atoms with E-state index < -0.39 is 0 Å². The number of phenols is 1. The molecule has 36 heavy (non-hydrogen) atoms. The van der Waals surface area contributed by atoms with E-state index in [0.717, 1.165) is 0 Å². The normalized spacial score (nSPS) is 11.2. The molecule has 0 saturated carbocycles. The Bertz CT molecular complexity index is 1230. The van der Waals surface area contributed by atoms with E-state index in [1.165, 1.54) is 7.11 Å². The number of phenolic OH excluding ortho intramolecular Hbond substituents is 1. The minimum absolute atomic E-state index is 0.00410. The first-order valence-corrected chi connectivity index (χ1v) is 12.3. The van der Waals surface area contributed by atoms with E-state index in [2.05, 4.69) is 0 Å². The van der Waals surface area contributed by atoms with Crippen LogP contribution in [0.3, 0.4) is 0 Å². The number of benzene rings is 3. The first-order chi connectivity index (χ1) is 17.2. The van der Waals surface area contributed by atoms with Crippen LogP contribution in [0.2, 0.25) is 0 Å². The maximum atomic E-state index is 13.7. The van der Waals surface area contributed by atoms with Crippen molar-refractivity contribution in [1.82, 2.24) is 4.90 Å². The fourth-order valence-corrected chi connectivity index (χ4v) is 4.32. The summed E-state index contributed by atoms with van der Waals surface area (Å²) >= 11 is 0. The molecule has 3 aromatic rings. The second-order valence-corrected chi connectivity index (χ2v) is 9.01. The molecule has 7 nitrogen and oxygen atoms in total. The Labute approximate surface area is 213 Å². The van der Waals surface area contributed by atoms with Gasteiger partial charge >= 0.3 is 0 Å². The first-order valence-electron chi connectivity index (χ1n) is 12.3. The van der Waals surface area contributed by atoms with Gasteiger partial charge in [-0.3, -0.25) is 4.79 Å². The molecule has 0 aliphatic rings. The third kappa shape index (κ3) is 5.30.